The van der Waals surface area contributed by atoms with Crippen LogP contribution in [0.5, 0.6) is 0 Å². The summed E-state index contributed by atoms with van der Waals surface area (Å²) in [7, 11) is -4.40. The molecule has 0 aromatic heterocycles. The Balaban J connectivity index is 1.99. The lowest BCUT2D eigenvalue weighted by atomic mass is 10.1. The van der Waals surface area contributed by atoms with Gasteiger partial charge in [-0.15, -0.1) is 0 Å². The van der Waals surface area contributed by atoms with E-state index in [9.17, 15) is 23.1 Å². The highest BCUT2D eigenvalue weighted by Crippen LogP contribution is 2.29. The normalized spacial score (nSPS) is 12.9. The van der Waals surface area contributed by atoms with Crippen LogP contribution < -0.4 is 5.14 Å². The van der Waals surface area contributed by atoms with Crippen LogP contribution in [0.2, 0.25) is 0 Å². The van der Waals surface area contributed by atoms with Gasteiger partial charge in [0.05, 0.1) is 6.10 Å². The molecule has 2 unspecified atom stereocenters. The number of nitrogens with zero attached hydrogens (tertiary/aromatic N) is 2. The molecule has 9 nitrogen and oxygen atoms in total. The number of urea groups is 1. The molecule has 0 fully saturated rings. The van der Waals surface area contributed by atoms with E-state index in [2.05, 4.69) is 0 Å². The molecular weight excluding hydrogens is 554 g/mol. The zero-order valence-electron chi connectivity index (χ0n) is 24.4. The van der Waals surface area contributed by atoms with Crippen LogP contribution in [0.25, 0.3) is 0 Å². The summed E-state index contributed by atoms with van der Waals surface area (Å²) in [6.45, 7) is 5.47. The van der Waals surface area contributed by atoms with E-state index in [0.29, 0.717) is 24.8 Å². The van der Waals surface area contributed by atoms with Crippen LogP contribution in [0.4, 0.5) is 9.59 Å². The maximum Gasteiger partial charge on any atom is 0.418 e. The lowest BCUT2D eigenvalue weighted by Gasteiger charge is -2.34. The molecule has 0 spiro atoms. The Kier molecular flexibility index (Phi) is 12.1. The summed E-state index contributed by atoms with van der Waals surface area (Å²) in [5.74, 6) is 0.158. The third kappa shape index (κ3) is 9.68. The molecule has 0 bridgehead atoms. The molecule has 42 heavy (non-hydrogen) atoms. The van der Waals surface area contributed by atoms with E-state index in [1.165, 1.54) is 6.07 Å². The predicted molar refractivity (Wildman–Crippen MR) is 163 cm³/mol. The van der Waals surface area contributed by atoms with Crippen LogP contribution in [-0.4, -0.2) is 48.5 Å². The van der Waals surface area contributed by atoms with E-state index in [1.54, 1.807) is 37.3 Å². The van der Waals surface area contributed by atoms with Crippen molar-refractivity contribution in [1.82, 2.24) is 9.80 Å². The fraction of sp³-hybridized carbons (Fsp3) is 0.375. The van der Waals surface area contributed by atoms with E-state index in [4.69, 9.17) is 9.88 Å². The molecule has 0 aliphatic carbocycles. The van der Waals surface area contributed by atoms with Gasteiger partial charge in [-0.3, -0.25) is 0 Å². The largest absolute Gasteiger partial charge is 0.444 e. The number of imide groups is 1. The summed E-state index contributed by atoms with van der Waals surface area (Å²) >= 11 is 0. The quantitative estimate of drug-likeness (QED) is 0.258. The van der Waals surface area contributed by atoms with Crippen LogP contribution in [0.3, 0.4) is 0 Å². The Hall–Kier alpha value is -3.73. The molecule has 2 atom stereocenters. The summed E-state index contributed by atoms with van der Waals surface area (Å²) < 4.78 is 31.8. The highest BCUT2D eigenvalue weighted by atomic mass is 32.2. The monoisotopic (exact) mass is 595 g/mol. The molecule has 0 heterocycles. The minimum Gasteiger partial charge on any atom is -0.444 e. The molecule has 3 aromatic rings. The molecule has 0 aliphatic rings. The summed E-state index contributed by atoms with van der Waals surface area (Å²) in [4.78, 5) is 29.7. The first-order chi connectivity index (χ1) is 20.0. The summed E-state index contributed by atoms with van der Waals surface area (Å²) in [6, 6.07) is 24.2. The van der Waals surface area contributed by atoms with Crippen LogP contribution in [-0.2, 0) is 27.8 Å². The molecule has 10 heteroatoms. The highest BCUT2D eigenvalue weighted by molar-refractivity contribution is 7.89. The van der Waals surface area contributed by atoms with Crippen LogP contribution in [0.1, 0.15) is 67.3 Å². The number of rotatable bonds is 13. The summed E-state index contributed by atoms with van der Waals surface area (Å²) in [5.41, 5.74) is 2.45. The molecule has 0 radical (unpaired) electrons. The van der Waals surface area contributed by atoms with Gasteiger partial charge in [0.2, 0.25) is 10.0 Å². The first-order valence-corrected chi connectivity index (χ1v) is 15.7. The number of sulfonamides is 1. The van der Waals surface area contributed by atoms with E-state index in [0.717, 1.165) is 20.9 Å². The third-order valence-corrected chi connectivity index (χ3v) is 7.96. The molecule has 0 aliphatic heterocycles. The molecular formula is C32H41N3O6S. The van der Waals surface area contributed by atoms with Gasteiger partial charge < -0.3 is 14.7 Å². The topological polar surface area (TPSA) is 130 Å². The SMILES string of the molecule is CC(C)CCN(C(=O)OCc1ccccc1)C(=O)N(CCCc1ccccc1)C(c1cccc(C(C)O)c1)S(N)(=O)=O. The van der Waals surface area contributed by atoms with Crippen molar-refractivity contribution in [2.75, 3.05) is 13.1 Å². The maximum absolute atomic E-state index is 14.2. The fourth-order valence-electron chi connectivity index (χ4n) is 4.54. The Bertz CT molecular complexity index is 1400. The summed E-state index contributed by atoms with van der Waals surface area (Å²) in [5, 5.41) is 14.3. The molecule has 0 saturated heterocycles. The lowest BCUT2D eigenvalue weighted by molar-refractivity contribution is 0.0897. The number of hydrogen-bond acceptors (Lipinski definition) is 6. The fourth-order valence-corrected chi connectivity index (χ4v) is 5.61. The number of amides is 3. The minimum atomic E-state index is -4.40. The van der Waals surface area contributed by atoms with E-state index < -0.39 is 33.6 Å². The Morgan fingerprint density at radius 2 is 1.45 bits per heavy atom. The Morgan fingerprint density at radius 1 is 0.857 bits per heavy atom. The van der Waals surface area contributed by atoms with E-state index >= 15 is 0 Å². The molecule has 3 aromatic carbocycles. The number of carbonyl (C=O) groups is 2. The maximum atomic E-state index is 14.2. The van der Waals surface area contributed by atoms with Crippen molar-refractivity contribution in [2.45, 2.75) is 58.1 Å². The molecule has 3 amide bonds. The van der Waals surface area contributed by atoms with Crippen molar-refractivity contribution in [3.8, 4) is 0 Å². The van der Waals surface area contributed by atoms with Gasteiger partial charge in [0.1, 0.15) is 6.61 Å². The number of primary sulfonamides is 1. The van der Waals surface area contributed by atoms with Crippen molar-refractivity contribution in [3.05, 3.63) is 107 Å². The van der Waals surface area contributed by atoms with E-state index in [-0.39, 0.29) is 31.2 Å². The van der Waals surface area contributed by atoms with Crippen LogP contribution >= 0.6 is 0 Å². The Labute approximate surface area is 249 Å². The second kappa shape index (κ2) is 15.5. The third-order valence-electron chi connectivity index (χ3n) is 6.81. The van der Waals surface area contributed by atoms with E-state index in [1.807, 2.05) is 62.4 Å². The molecule has 3 N–H and O–H groups in total. The number of aliphatic hydroxyl groups is 1. The average Bonchev–Trinajstić information content (AvgIpc) is 2.96. The molecule has 226 valence electrons. The molecule has 0 saturated carbocycles. The van der Waals surface area contributed by atoms with Crippen molar-refractivity contribution in [2.24, 2.45) is 11.1 Å². The zero-order chi connectivity index (χ0) is 30.7. The van der Waals surface area contributed by atoms with Gasteiger partial charge in [-0.25, -0.2) is 28.0 Å². The van der Waals surface area contributed by atoms with Crippen LogP contribution in [0.15, 0.2) is 84.9 Å². The highest BCUT2D eigenvalue weighted by Gasteiger charge is 2.38. The number of carbonyl (C=O) groups excluding carboxylic acids is 2. The van der Waals surface area contributed by atoms with Gasteiger partial charge in [-0.2, -0.15) is 0 Å². The summed E-state index contributed by atoms with van der Waals surface area (Å²) in [6.07, 6.45) is -0.274. The first kappa shape index (κ1) is 32.8. The van der Waals surface area contributed by atoms with Gasteiger partial charge in [-0.05, 0) is 54.4 Å². The number of aliphatic hydroxyl groups excluding tert-OH is 1. The second-order valence-electron chi connectivity index (χ2n) is 10.7. The van der Waals surface area contributed by atoms with Gasteiger partial charge in [0, 0.05) is 13.1 Å². The smallest absolute Gasteiger partial charge is 0.418 e. The van der Waals surface area contributed by atoms with Crippen molar-refractivity contribution < 1.29 is 27.9 Å². The predicted octanol–water partition coefficient (Wildman–Crippen LogP) is 5.77. The van der Waals surface area contributed by atoms with Crippen LogP contribution in [0, 0.1) is 5.92 Å². The van der Waals surface area contributed by atoms with Crippen molar-refractivity contribution in [1.29, 1.82) is 0 Å². The lowest BCUT2D eigenvalue weighted by Crippen LogP contribution is -2.51. The average molecular weight is 596 g/mol. The number of benzene rings is 3. The molecule has 3 rings (SSSR count). The van der Waals surface area contributed by atoms with Gasteiger partial charge in [0.25, 0.3) is 0 Å². The number of hydrogen-bond donors (Lipinski definition) is 2. The minimum absolute atomic E-state index is 0.00211. The number of ether oxygens (including phenoxy) is 1. The first-order valence-electron chi connectivity index (χ1n) is 14.1. The van der Waals surface area contributed by atoms with Gasteiger partial charge in [-0.1, -0.05) is 98.8 Å². The van der Waals surface area contributed by atoms with Gasteiger partial charge >= 0.3 is 12.1 Å². The van der Waals surface area contributed by atoms with Gasteiger partial charge in [0.15, 0.2) is 5.37 Å². The Morgan fingerprint density at radius 3 is 2.02 bits per heavy atom. The second-order valence-corrected chi connectivity index (χ2v) is 12.4. The number of aryl methyl sites for hydroxylation is 1. The van der Waals surface area contributed by atoms with Crippen molar-refractivity contribution in [3.63, 3.8) is 0 Å². The number of nitrogens with two attached hydrogens (primary N) is 1. The van der Waals surface area contributed by atoms with Crippen molar-refractivity contribution >= 4 is 22.1 Å². The standard InChI is InChI=1S/C32H41N3O6S/c1-24(2)19-21-35(32(38)41-23-27-14-8-5-9-15-27)31(37)34(20-11-16-26-12-6-4-7-13-26)30(42(33,39)40)29-18-10-17-28(22-29)25(3)36/h4-10,12-15,17-18,22,24-25,30,36H,11,16,19-21,23H2,1-3H3,(H2,33,39,40). The zero-order valence-corrected chi connectivity index (χ0v) is 25.2.